The summed E-state index contributed by atoms with van der Waals surface area (Å²) in [5, 5.41) is 0. The van der Waals surface area contributed by atoms with Crippen molar-refractivity contribution in [1.82, 2.24) is 0 Å². The Hall–Kier alpha value is -3.54. The first-order valence-corrected chi connectivity index (χ1v) is 9.85. The molecule has 0 unspecified atom stereocenters. The Kier molecular flexibility index (Phi) is 8.88. The highest BCUT2D eigenvalue weighted by atomic mass is 16.5. The summed E-state index contributed by atoms with van der Waals surface area (Å²) in [6.45, 7) is 1.81. The van der Waals surface area contributed by atoms with E-state index < -0.39 is 5.92 Å². The molecule has 0 bridgehead atoms. The zero-order valence-electron chi connectivity index (χ0n) is 18.5. The Morgan fingerprint density at radius 2 is 1.10 bits per heavy atom. The molecule has 0 saturated heterocycles. The van der Waals surface area contributed by atoms with Crippen LogP contribution in [0.2, 0.25) is 0 Å². The van der Waals surface area contributed by atoms with Gasteiger partial charge in [-0.15, -0.1) is 0 Å². The van der Waals surface area contributed by atoms with Crippen LogP contribution < -0.4 is 18.9 Å². The number of ketones is 2. The molecule has 2 rings (SSSR count). The van der Waals surface area contributed by atoms with Gasteiger partial charge in [0.25, 0.3) is 0 Å². The molecular weight excluding hydrogens is 396 g/mol. The average molecular weight is 424 g/mol. The van der Waals surface area contributed by atoms with E-state index in [-0.39, 0.29) is 11.6 Å². The topological polar surface area (TPSA) is 71.1 Å². The van der Waals surface area contributed by atoms with Gasteiger partial charge in [0.15, 0.2) is 34.6 Å². The van der Waals surface area contributed by atoms with Crippen molar-refractivity contribution in [2.24, 2.45) is 5.92 Å². The van der Waals surface area contributed by atoms with Crippen LogP contribution in [0.15, 0.2) is 48.6 Å². The Morgan fingerprint density at radius 1 is 0.710 bits per heavy atom. The minimum Gasteiger partial charge on any atom is -0.493 e. The quantitative estimate of drug-likeness (QED) is 0.387. The van der Waals surface area contributed by atoms with E-state index in [0.29, 0.717) is 29.4 Å². The minimum atomic E-state index is -0.743. The SMILES string of the molecule is CCC(C(=O)/C=C/c1ccc(OC)c(OC)c1)C(=O)/C=C/c1ccc(OC)c(OC)c1. The van der Waals surface area contributed by atoms with E-state index in [1.54, 1.807) is 64.9 Å². The smallest absolute Gasteiger partial charge is 0.166 e. The van der Waals surface area contributed by atoms with Gasteiger partial charge >= 0.3 is 0 Å². The molecule has 0 atom stereocenters. The van der Waals surface area contributed by atoms with Gasteiger partial charge in [0.2, 0.25) is 0 Å². The lowest BCUT2D eigenvalue weighted by molar-refractivity contribution is -0.127. The van der Waals surface area contributed by atoms with Gasteiger partial charge in [0.1, 0.15) is 0 Å². The molecule has 6 heteroatoms. The third kappa shape index (κ3) is 6.22. The van der Waals surface area contributed by atoms with E-state index in [9.17, 15) is 9.59 Å². The fraction of sp³-hybridized carbons (Fsp3) is 0.280. The van der Waals surface area contributed by atoms with Crippen molar-refractivity contribution in [3.8, 4) is 23.0 Å². The van der Waals surface area contributed by atoms with Crippen molar-refractivity contribution in [2.75, 3.05) is 28.4 Å². The lowest BCUT2D eigenvalue weighted by Gasteiger charge is -2.09. The lowest BCUT2D eigenvalue weighted by atomic mass is 9.94. The summed E-state index contributed by atoms with van der Waals surface area (Å²) in [6.07, 6.45) is 6.59. The number of hydrogen-bond acceptors (Lipinski definition) is 6. The normalized spacial score (nSPS) is 11.2. The van der Waals surface area contributed by atoms with Crippen molar-refractivity contribution in [1.29, 1.82) is 0 Å². The third-order valence-corrected chi connectivity index (χ3v) is 4.79. The Balaban J connectivity index is 2.12. The second kappa shape index (κ2) is 11.6. The van der Waals surface area contributed by atoms with Crippen LogP contribution in [0, 0.1) is 5.92 Å². The zero-order chi connectivity index (χ0) is 22.8. The molecule has 0 N–H and O–H groups in total. The van der Waals surface area contributed by atoms with Crippen LogP contribution in [0.3, 0.4) is 0 Å². The fourth-order valence-corrected chi connectivity index (χ4v) is 3.04. The predicted molar refractivity (Wildman–Crippen MR) is 121 cm³/mol. The Bertz CT molecular complexity index is 896. The highest BCUT2D eigenvalue weighted by Crippen LogP contribution is 2.29. The minimum absolute atomic E-state index is 0.251. The lowest BCUT2D eigenvalue weighted by Crippen LogP contribution is -2.20. The first-order valence-electron chi connectivity index (χ1n) is 9.85. The second-order valence-electron chi connectivity index (χ2n) is 6.66. The van der Waals surface area contributed by atoms with E-state index in [2.05, 4.69) is 0 Å². The second-order valence-corrected chi connectivity index (χ2v) is 6.66. The van der Waals surface area contributed by atoms with Crippen molar-refractivity contribution >= 4 is 23.7 Å². The molecule has 2 aromatic rings. The highest BCUT2D eigenvalue weighted by molar-refractivity contribution is 6.13. The fourth-order valence-electron chi connectivity index (χ4n) is 3.04. The van der Waals surface area contributed by atoms with Crippen LogP contribution in [0.4, 0.5) is 0 Å². The van der Waals surface area contributed by atoms with Gasteiger partial charge in [-0.25, -0.2) is 0 Å². The summed E-state index contributed by atoms with van der Waals surface area (Å²) in [4.78, 5) is 25.3. The molecule has 0 fully saturated rings. The van der Waals surface area contributed by atoms with E-state index in [4.69, 9.17) is 18.9 Å². The van der Waals surface area contributed by atoms with Gasteiger partial charge in [-0.05, 0) is 54.0 Å². The summed E-state index contributed by atoms with van der Waals surface area (Å²) in [6, 6.07) is 10.7. The summed E-state index contributed by atoms with van der Waals surface area (Å²) in [5.74, 6) is 1.10. The van der Waals surface area contributed by atoms with Crippen LogP contribution in [0.25, 0.3) is 12.2 Å². The van der Waals surface area contributed by atoms with Crippen LogP contribution >= 0.6 is 0 Å². The summed E-state index contributed by atoms with van der Waals surface area (Å²) >= 11 is 0. The van der Waals surface area contributed by atoms with Gasteiger partial charge in [-0.3, -0.25) is 9.59 Å². The number of benzene rings is 2. The van der Waals surface area contributed by atoms with Crippen LogP contribution in [0.1, 0.15) is 24.5 Å². The van der Waals surface area contributed by atoms with Crippen molar-refractivity contribution < 1.29 is 28.5 Å². The molecule has 31 heavy (non-hydrogen) atoms. The largest absolute Gasteiger partial charge is 0.493 e. The van der Waals surface area contributed by atoms with Crippen LogP contribution in [0.5, 0.6) is 23.0 Å². The van der Waals surface area contributed by atoms with Crippen molar-refractivity contribution in [3.05, 3.63) is 59.7 Å². The van der Waals surface area contributed by atoms with E-state index >= 15 is 0 Å². The van der Waals surface area contributed by atoms with Gasteiger partial charge in [0.05, 0.1) is 34.4 Å². The molecule has 164 valence electrons. The molecule has 6 nitrogen and oxygen atoms in total. The monoisotopic (exact) mass is 424 g/mol. The first-order chi connectivity index (χ1) is 15.0. The number of hydrogen-bond donors (Lipinski definition) is 0. The van der Waals surface area contributed by atoms with Crippen LogP contribution in [-0.4, -0.2) is 40.0 Å². The average Bonchev–Trinajstić information content (AvgIpc) is 2.81. The molecule has 0 radical (unpaired) electrons. The van der Waals surface area contributed by atoms with Gasteiger partial charge in [0, 0.05) is 0 Å². The maximum Gasteiger partial charge on any atom is 0.166 e. The van der Waals surface area contributed by atoms with E-state index in [0.717, 1.165) is 11.1 Å². The zero-order valence-corrected chi connectivity index (χ0v) is 18.5. The molecule has 0 aliphatic carbocycles. The number of carbonyl (C=O) groups is 2. The number of methoxy groups -OCH3 is 4. The maximum absolute atomic E-state index is 12.6. The number of allylic oxidation sites excluding steroid dienone is 2. The van der Waals surface area contributed by atoms with Crippen molar-refractivity contribution in [2.45, 2.75) is 13.3 Å². The third-order valence-electron chi connectivity index (χ3n) is 4.79. The van der Waals surface area contributed by atoms with Gasteiger partial charge in [-0.1, -0.05) is 31.2 Å². The van der Waals surface area contributed by atoms with Gasteiger partial charge in [-0.2, -0.15) is 0 Å². The molecule has 0 saturated carbocycles. The van der Waals surface area contributed by atoms with E-state index in [1.165, 1.54) is 12.2 Å². The molecule has 2 aromatic carbocycles. The molecule has 0 amide bonds. The summed E-state index contributed by atoms with van der Waals surface area (Å²) in [7, 11) is 6.22. The van der Waals surface area contributed by atoms with Gasteiger partial charge < -0.3 is 18.9 Å². The van der Waals surface area contributed by atoms with Crippen molar-refractivity contribution in [3.63, 3.8) is 0 Å². The number of rotatable bonds is 11. The molecular formula is C25H28O6. The summed E-state index contributed by atoms with van der Waals surface area (Å²) in [5.41, 5.74) is 1.54. The van der Waals surface area contributed by atoms with E-state index in [1.807, 2.05) is 19.1 Å². The van der Waals surface area contributed by atoms with Crippen LogP contribution in [-0.2, 0) is 9.59 Å². The Labute approximate surface area is 183 Å². The number of carbonyl (C=O) groups excluding carboxylic acids is 2. The molecule has 0 spiro atoms. The molecule has 0 aromatic heterocycles. The molecule has 0 aliphatic heterocycles. The number of ether oxygens (including phenoxy) is 4. The predicted octanol–water partition coefficient (Wildman–Crippen LogP) is 4.61. The first kappa shape index (κ1) is 23.7. The molecule has 0 aliphatic rings. The Morgan fingerprint density at radius 3 is 1.42 bits per heavy atom. The standard InChI is InChI=1S/C25H28O6/c1-6-19(20(26)11-7-17-9-13-22(28-2)24(15-17)30-4)21(27)12-8-18-10-14-23(29-3)25(16-18)31-5/h7-16,19H,6H2,1-5H3/b11-7+,12-8+. The summed E-state index contributed by atoms with van der Waals surface area (Å²) < 4.78 is 21.0. The highest BCUT2D eigenvalue weighted by Gasteiger charge is 2.20. The maximum atomic E-state index is 12.6. The molecule has 0 heterocycles.